The maximum atomic E-state index is 14.0. The van der Waals surface area contributed by atoms with E-state index in [4.69, 9.17) is 9.47 Å². The summed E-state index contributed by atoms with van der Waals surface area (Å²) in [4.78, 5) is 14.0. The van der Waals surface area contributed by atoms with Crippen molar-refractivity contribution in [1.82, 2.24) is 5.32 Å². The standard InChI is InChI=1S/C33H41FN2O5/c1-22-9-10-24(17-30(22)34)19-33(3,4)35-20-26(37)21-41-23(2)27-7-5-6-8-28(27)25-11-12-29(32(38)39)31(18-25)36-13-15-40-16-14-36/h5-12,17-18,23,26,35,37H,13-16,19-21H2,1-4H3,(H,38,39)/t23?,26-/m0/s1. The Kier molecular flexibility index (Phi) is 10.1. The van der Waals surface area contributed by atoms with E-state index in [1.54, 1.807) is 25.1 Å². The van der Waals surface area contributed by atoms with Crippen LogP contribution in [0, 0.1) is 12.7 Å². The fraction of sp³-hybridized carbons (Fsp3) is 0.424. The molecule has 3 aromatic rings. The summed E-state index contributed by atoms with van der Waals surface area (Å²) in [5, 5.41) is 23.9. The number of carboxylic acid groups (broad SMARTS) is 1. The minimum Gasteiger partial charge on any atom is -0.478 e. The molecular weight excluding hydrogens is 523 g/mol. The Morgan fingerprint density at radius 1 is 1.12 bits per heavy atom. The highest BCUT2D eigenvalue weighted by Crippen LogP contribution is 2.34. The Labute approximate surface area is 241 Å². The summed E-state index contributed by atoms with van der Waals surface area (Å²) in [6.45, 7) is 10.6. The van der Waals surface area contributed by atoms with Crippen LogP contribution in [0.4, 0.5) is 10.1 Å². The van der Waals surface area contributed by atoms with Crippen LogP contribution >= 0.6 is 0 Å². The van der Waals surface area contributed by atoms with Crippen molar-refractivity contribution in [2.75, 3.05) is 44.4 Å². The number of aryl methyl sites for hydroxylation is 1. The predicted molar refractivity (Wildman–Crippen MR) is 159 cm³/mol. The highest BCUT2D eigenvalue weighted by molar-refractivity contribution is 5.96. The second-order valence-corrected chi connectivity index (χ2v) is 11.4. The number of aliphatic hydroxyl groups excluding tert-OH is 1. The molecule has 7 nitrogen and oxygen atoms in total. The van der Waals surface area contributed by atoms with Crippen LogP contribution in [0.15, 0.2) is 60.7 Å². The van der Waals surface area contributed by atoms with Crippen LogP contribution in [-0.2, 0) is 15.9 Å². The molecular formula is C33H41FN2O5. The van der Waals surface area contributed by atoms with Gasteiger partial charge in [0.05, 0.1) is 43.3 Å². The molecule has 1 aliphatic rings. The van der Waals surface area contributed by atoms with Crippen LogP contribution in [0.1, 0.15) is 53.9 Å². The van der Waals surface area contributed by atoms with E-state index < -0.39 is 12.1 Å². The van der Waals surface area contributed by atoms with Crippen molar-refractivity contribution in [3.05, 3.63) is 88.7 Å². The highest BCUT2D eigenvalue weighted by atomic mass is 19.1. The zero-order valence-electron chi connectivity index (χ0n) is 24.3. The number of halogens is 1. The van der Waals surface area contributed by atoms with E-state index in [-0.39, 0.29) is 29.6 Å². The van der Waals surface area contributed by atoms with E-state index in [1.807, 2.05) is 63.2 Å². The third-order valence-electron chi connectivity index (χ3n) is 7.53. The maximum Gasteiger partial charge on any atom is 0.337 e. The summed E-state index contributed by atoms with van der Waals surface area (Å²) in [7, 11) is 0. The number of benzene rings is 3. The van der Waals surface area contributed by atoms with Crippen molar-refractivity contribution < 1.29 is 28.9 Å². The number of hydrogen-bond acceptors (Lipinski definition) is 6. The SMILES string of the molecule is Cc1ccc(CC(C)(C)NC[C@H](O)COC(C)c2ccccc2-c2ccc(C(=O)O)c(N3CCOCC3)c2)cc1F. The minimum absolute atomic E-state index is 0.134. The van der Waals surface area contributed by atoms with E-state index in [2.05, 4.69) is 10.2 Å². The van der Waals surface area contributed by atoms with Crippen LogP contribution in [0.2, 0.25) is 0 Å². The molecule has 1 aliphatic heterocycles. The molecule has 3 aromatic carbocycles. The Morgan fingerprint density at radius 2 is 1.85 bits per heavy atom. The van der Waals surface area contributed by atoms with Crippen molar-refractivity contribution in [1.29, 1.82) is 0 Å². The summed E-state index contributed by atoms with van der Waals surface area (Å²) >= 11 is 0. The first-order valence-corrected chi connectivity index (χ1v) is 14.1. The smallest absolute Gasteiger partial charge is 0.337 e. The fourth-order valence-electron chi connectivity index (χ4n) is 5.18. The number of hydrogen-bond donors (Lipinski definition) is 3. The molecule has 4 rings (SSSR count). The van der Waals surface area contributed by atoms with Gasteiger partial charge in [-0.25, -0.2) is 9.18 Å². The molecule has 8 heteroatoms. The quantitative estimate of drug-likeness (QED) is 0.272. The number of β-amino-alcohol motifs (C(OH)–C–C–N with tert-alkyl or cyclic N) is 1. The van der Waals surface area contributed by atoms with E-state index in [0.717, 1.165) is 22.3 Å². The summed E-state index contributed by atoms with van der Waals surface area (Å²) in [5.41, 5.74) is 4.92. The number of nitrogens with one attached hydrogen (secondary N) is 1. The lowest BCUT2D eigenvalue weighted by Gasteiger charge is -2.30. The molecule has 2 atom stereocenters. The predicted octanol–water partition coefficient (Wildman–Crippen LogP) is 5.39. The van der Waals surface area contributed by atoms with Crippen molar-refractivity contribution in [3.63, 3.8) is 0 Å². The molecule has 0 aliphatic carbocycles. The second-order valence-electron chi connectivity index (χ2n) is 11.4. The van der Waals surface area contributed by atoms with Gasteiger partial charge in [-0.15, -0.1) is 0 Å². The lowest BCUT2D eigenvalue weighted by Crippen LogP contribution is -2.46. The monoisotopic (exact) mass is 564 g/mol. The van der Waals surface area contributed by atoms with Crippen LogP contribution in [0.25, 0.3) is 11.1 Å². The molecule has 1 fully saturated rings. The third kappa shape index (κ3) is 8.14. The zero-order chi connectivity index (χ0) is 29.6. The molecule has 0 radical (unpaired) electrons. The third-order valence-corrected chi connectivity index (χ3v) is 7.53. The van der Waals surface area contributed by atoms with E-state index >= 15 is 0 Å². The number of ether oxygens (including phenoxy) is 2. The Hall–Kier alpha value is -3.30. The summed E-state index contributed by atoms with van der Waals surface area (Å²) in [5.74, 6) is -1.17. The van der Waals surface area contributed by atoms with Gasteiger partial charge in [0.1, 0.15) is 5.82 Å². The van der Waals surface area contributed by atoms with Crippen molar-refractivity contribution in [3.8, 4) is 11.1 Å². The van der Waals surface area contributed by atoms with Gasteiger partial charge in [0, 0.05) is 25.2 Å². The number of morpholine rings is 1. The highest BCUT2D eigenvalue weighted by Gasteiger charge is 2.23. The van der Waals surface area contributed by atoms with Gasteiger partial charge in [-0.2, -0.15) is 0 Å². The summed E-state index contributed by atoms with van der Waals surface area (Å²) < 4.78 is 25.5. The lowest BCUT2D eigenvalue weighted by molar-refractivity contribution is -0.00397. The Bertz CT molecular complexity index is 1340. The number of carboxylic acids is 1. The average molecular weight is 565 g/mol. The molecule has 0 spiro atoms. The normalized spacial score (nSPS) is 15.5. The molecule has 0 aromatic heterocycles. The van der Waals surface area contributed by atoms with Gasteiger partial charge in [0.2, 0.25) is 0 Å². The van der Waals surface area contributed by atoms with Crippen LogP contribution in [0.3, 0.4) is 0 Å². The largest absolute Gasteiger partial charge is 0.478 e. The van der Waals surface area contributed by atoms with Gasteiger partial charge in [-0.1, -0.05) is 42.5 Å². The number of aliphatic hydroxyl groups is 1. The van der Waals surface area contributed by atoms with Gasteiger partial charge < -0.3 is 29.9 Å². The molecule has 1 saturated heterocycles. The van der Waals surface area contributed by atoms with Crippen LogP contribution < -0.4 is 10.2 Å². The average Bonchev–Trinajstić information content (AvgIpc) is 2.96. The second kappa shape index (κ2) is 13.6. The van der Waals surface area contributed by atoms with Crippen molar-refractivity contribution in [2.45, 2.75) is 51.9 Å². The maximum absolute atomic E-state index is 14.0. The van der Waals surface area contributed by atoms with Crippen molar-refractivity contribution >= 4 is 11.7 Å². The number of nitrogens with zero attached hydrogens (tertiary/aromatic N) is 1. The van der Waals surface area contributed by atoms with Crippen LogP contribution in [0.5, 0.6) is 0 Å². The Balaban J connectivity index is 1.40. The Morgan fingerprint density at radius 3 is 2.56 bits per heavy atom. The fourth-order valence-corrected chi connectivity index (χ4v) is 5.18. The molecule has 220 valence electrons. The van der Waals surface area contributed by atoms with Gasteiger partial charge >= 0.3 is 5.97 Å². The van der Waals surface area contributed by atoms with Gasteiger partial charge in [-0.05, 0) is 80.1 Å². The van der Waals surface area contributed by atoms with E-state index in [1.165, 1.54) is 0 Å². The van der Waals surface area contributed by atoms with E-state index in [9.17, 15) is 19.4 Å². The van der Waals surface area contributed by atoms with Gasteiger partial charge in [-0.3, -0.25) is 0 Å². The topological polar surface area (TPSA) is 91.3 Å². The number of rotatable bonds is 12. The van der Waals surface area contributed by atoms with Crippen molar-refractivity contribution in [2.24, 2.45) is 0 Å². The molecule has 0 bridgehead atoms. The number of anilines is 1. The van der Waals surface area contributed by atoms with Crippen LogP contribution in [-0.4, -0.2) is 67.3 Å². The van der Waals surface area contributed by atoms with Gasteiger partial charge in [0.15, 0.2) is 0 Å². The van der Waals surface area contributed by atoms with Gasteiger partial charge in [0.25, 0.3) is 0 Å². The first kappa shape index (κ1) is 30.7. The number of aromatic carboxylic acids is 1. The summed E-state index contributed by atoms with van der Waals surface area (Å²) in [6, 6.07) is 18.6. The molecule has 1 heterocycles. The summed E-state index contributed by atoms with van der Waals surface area (Å²) in [6.07, 6.45) is -0.425. The lowest BCUT2D eigenvalue weighted by atomic mass is 9.94. The minimum atomic E-state index is -0.958. The molecule has 0 saturated carbocycles. The molecule has 41 heavy (non-hydrogen) atoms. The van der Waals surface area contributed by atoms with E-state index in [0.29, 0.717) is 50.5 Å². The molecule has 3 N–H and O–H groups in total. The first-order chi connectivity index (χ1) is 19.5. The zero-order valence-corrected chi connectivity index (χ0v) is 24.3. The first-order valence-electron chi connectivity index (χ1n) is 14.1. The molecule has 0 amide bonds. The number of carbonyl (C=O) groups is 1. The molecule has 1 unspecified atom stereocenters.